The predicted octanol–water partition coefficient (Wildman–Crippen LogP) is 2.65. The lowest BCUT2D eigenvalue weighted by atomic mass is 9.96. The van der Waals surface area contributed by atoms with Gasteiger partial charge in [-0.25, -0.2) is 0 Å². The van der Waals surface area contributed by atoms with Gasteiger partial charge in [-0.15, -0.1) is 0 Å². The minimum atomic E-state index is -0.204. The summed E-state index contributed by atoms with van der Waals surface area (Å²) in [5.41, 5.74) is 1.13. The van der Waals surface area contributed by atoms with Gasteiger partial charge in [0, 0.05) is 26.2 Å². The van der Waals surface area contributed by atoms with Crippen LogP contribution in [0.3, 0.4) is 0 Å². The molecule has 3 rings (SSSR count). The summed E-state index contributed by atoms with van der Waals surface area (Å²) in [4.78, 5) is 17.6. The quantitative estimate of drug-likeness (QED) is 0.918. The summed E-state index contributed by atoms with van der Waals surface area (Å²) in [6.07, 6.45) is 0. The first-order valence-electron chi connectivity index (χ1n) is 8.97. The van der Waals surface area contributed by atoms with Gasteiger partial charge in [0.05, 0.1) is 0 Å². The van der Waals surface area contributed by atoms with E-state index in [4.69, 9.17) is 0 Å². The van der Waals surface area contributed by atoms with Gasteiger partial charge in [0.15, 0.2) is 0 Å². The van der Waals surface area contributed by atoms with E-state index in [1.165, 1.54) is 10.8 Å². The van der Waals surface area contributed by atoms with Crippen LogP contribution in [0.25, 0.3) is 10.8 Å². The number of rotatable bonds is 5. The molecule has 0 spiro atoms. The van der Waals surface area contributed by atoms with E-state index in [2.05, 4.69) is 66.5 Å². The first-order valence-corrected chi connectivity index (χ1v) is 8.97. The van der Waals surface area contributed by atoms with Crippen molar-refractivity contribution in [1.29, 1.82) is 0 Å². The Bertz CT molecular complexity index is 685. The third kappa shape index (κ3) is 3.30. The molecule has 128 valence electrons. The normalized spacial score (nSPS) is 16.5. The third-order valence-corrected chi connectivity index (χ3v) is 4.96. The van der Waals surface area contributed by atoms with Crippen LogP contribution < -0.4 is 5.32 Å². The SMILES string of the molecule is CCN(CC)C(C(=O)N1CCNCC1)c1cccc2ccccc12. The Morgan fingerprint density at radius 3 is 2.46 bits per heavy atom. The fraction of sp³-hybridized carbons (Fsp3) is 0.450. The molecule has 1 atom stereocenters. The summed E-state index contributed by atoms with van der Waals surface area (Å²) in [7, 11) is 0. The molecule has 2 aromatic rings. The van der Waals surface area contributed by atoms with Gasteiger partial charge in [0.25, 0.3) is 0 Å². The summed E-state index contributed by atoms with van der Waals surface area (Å²) in [6.45, 7) is 9.34. The van der Waals surface area contributed by atoms with Gasteiger partial charge in [0.2, 0.25) is 5.91 Å². The van der Waals surface area contributed by atoms with Crippen molar-refractivity contribution in [3.63, 3.8) is 0 Å². The van der Waals surface area contributed by atoms with Gasteiger partial charge in [0.1, 0.15) is 6.04 Å². The van der Waals surface area contributed by atoms with Gasteiger partial charge < -0.3 is 10.2 Å². The maximum atomic E-state index is 13.4. The zero-order valence-electron chi connectivity index (χ0n) is 14.7. The number of nitrogens with one attached hydrogen (secondary N) is 1. The summed E-state index contributed by atoms with van der Waals surface area (Å²) in [6, 6.07) is 14.5. The summed E-state index contributed by atoms with van der Waals surface area (Å²) < 4.78 is 0. The lowest BCUT2D eigenvalue weighted by Gasteiger charge is -2.36. The molecule has 1 aliphatic heterocycles. The highest BCUT2D eigenvalue weighted by Crippen LogP contribution is 2.30. The molecule has 0 radical (unpaired) electrons. The fourth-order valence-corrected chi connectivity index (χ4v) is 3.62. The van der Waals surface area contributed by atoms with E-state index >= 15 is 0 Å². The Morgan fingerprint density at radius 2 is 1.75 bits per heavy atom. The lowest BCUT2D eigenvalue weighted by Crippen LogP contribution is -2.50. The molecular formula is C20H27N3O. The molecule has 1 fully saturated rings. The van der Waals surface area contributed by atoms with Crippen molar-refractivity contribution in [1.82, 2.24) is 15.1 Å². The van der Waals surface area contributed by atoms with Crippen LogP contribution in [0.15, 0.2) is 42.5 Å². The van der Waals surface area contributed by atoms with Gasteiger partial charge in [-0.2, -0.15) is 0 Å². The van der Waals surface area contributed by atoms with Crippen LogP contribution in [0.2, 0.25) is 0 Å². The zero-order chi connectivity index (χ0) is 16.9. The van der Waals surface area contributed by atoms with Crippen molar-refractivity contribution in [2.24, 2.45) is 0 Å². The maximum absolute atomic E-state index is 13.4. The highest BCUT2D eigenvalue weighted by molar-refractivity contribution is 5.92. The molecule has 0 aliphatic carbocycles. The number of hydrogen-bond donors (Lipinski definition) is 1. The van der Waals surface area contributed by atoms with E-state index in [9.17, 15) is 4.79 Å². The van der Waals surface area contributed by atoms with Crippen molar-refractivity contribution in [3.05, 3.63) is 48.0 Å². The Kier molecular flexibility index (Phi) is 5.48. The zero-order valence-corrected chi connectivity index (χ0v) is 14.7. The molecule has 24 heavy (non-hydrogen) atoms. The number of amides is 1. The standard InChI is InChI=1S/C20H27N3O/c1-3-22(4-2)19(20(24)23-14-12-21-13-15-23)18-11-7-9-16-8-5-6-10-17(16)18/h5-11,19,21H,3-4,12-15H2,1-2H3. The van der Waals surface area contributed by atoms with Crippen LogP contribution in [-0.4, -0.2) is 55.0 Å². The predicted molar refractivity (Wildman–Crippen MR) is 99.1 cm³/mol. The molecule has 1 saturated heterocycles. The molecule has 1 N–H and O–H groups in total. The van der Waals surface area contributed by atoms with E-state index in [1.54, 1.807) is 0 Å². The van der Waals surface area contributed by atoms with Crippen LogP contribution in [0.1, 0.15) is 25.5 Å². The highest BCUT2D eigenvalue weighted by atomic mass is 16.2. The first-order chi connectivity index (χ1) is 11.8. The fourth-order valence-electron chi connectivity index (χ4n) is 3.62. The number of carbonyl (C=O) groups excluding carboxylic acids is 1. The number of fused-ring (bicyclic) bond motifs is 1. The second-order valence-electron chi connectivity index (χ2n) is 6.27. The van der Waals surface area contributed by atoms with Gasteiger partial charge >= 0.3 is 0 Å². The number of hydrogen-bond acceptors (Lipinski definition) is 3. The van der Waals surface area contributed by atoms with E-state index in [-0.39, 0.29) is 11.9 Å². The average molecular weight is 325 g/mol. The molecule has 0 bridgehead atoms. The minimum absolute atomic E-state index is 0.204. The molecule has 0 saturated carbocycles. The molecule has 4 nitrogen and oxygen atoms in total. The second-order valence-corrected chi connectivity index (χ2v) is 6.27. The van der Waals surface area contributed by atoms with Crippen LogP contribution in [0.5, 0.6) is 0 Å². The highest BCUT2D eigenvalue weighted by Gasteiger charge is 2.31. The molecule has 1 heterocycles. The molecule has 1 aliphatic rings. The van der Waals surface area contributed by atoms with Crippen molar-refractivity contribution in [2.45, 2.75) is 19.9 Å². The van der Waals surface area contributed by atoms with Crippen molar-refractivity contribution in [3.8, 4) is 0 Å². The molecule has 0 aromatic heterocycles. The first kappa shape index (κ1) is 16.9. The largest absolute Gasteiger partial charge is 0.338 e. The molecule has 4 heteroatoms. The van der Waals surface area contributed by atoms with E-state index < -0.39 is 0 Å². The monoisotopic (exact) mass is 325 g/mol. The van der Waals surface area contributed by atoms with Gasteiger partial charge in [-0.3, -0.25) is 9.69 Å². The van der Waals surface area contributed by atoms with Crippen molar-refractivity contribution < 1.29 is 4.79 Å². The van der Waals surface area contributed by atoms with Crippen LogP contribution in [-0.2, 0) is 4.79 Å². The van der Waals surface area contributed by atoms with Crippen molar-refractivity contribution >= 4 is 16.7 Å². The van der Waals surface area contributed by atoms with E-state index in [1.807, 2.05) is 4.90 Å². The van der Waals surface area contributed by atoms with Crippen molar-refractivity contribution in [2.75, 3.05) is 39.3 Å². The number of benzene rings is 2. The lowest BCUT2D eigenvalue weighted by molar-refractivity contribution is -0.137. The molecule has 2 aromatic carbocycles. The summed E-state index contributed by atoms with van der Waals surface area (Å²) >= 11 is 0. The van der Waals surface area contributed by atoms with E-state index in [0.29, 0.717) is 0 Å². The summed E-state index contributed by atoms with van der Waals surface area (Å²) in [5, 5.41) is 5.70. The minimum Gasteiger partial charge on any atom is -0.338 e. The topological polar surface area (TPSA) is 35.6 Å². The number of carbonyl (C=O) groups is 1. The third-order valence-electron chi connectivity index (χ3n) is 4.96. The van der Waals surface area contributed by atoms with Crippen LogP contribution >= 0.6 is 0 Å². The molecule has 1 amide bonds. The summed E-state index contributed by atoms with van der Waals surface area (Å²) in [5.74, 6) is 0.233. The van der Waals surface area contributed by atoms with Gasteiger partial charge in [-0.05, 0) is 29.4 Å². The van der Waals surface area contributed by atoms with Gasteiger partial charge in [-0.1, -0.05) is 56.3 Å². The number of likely N-dealkylation sites (N-methyl/N-ethyl adjacent to an activating group) is 1. The Labute approximate surface area is 144 Å². The Balaban J connectivity index is 2.04. The Morgan fingerprint density at radius 1 is 1.08 bits per heavy atom. The maximum Gasteiger partial charge on any atom is 0.244 e. The molecule has 1 unspecified atom stereocenters. The van der Waals surface area contributed by atoms with E-state index in [0.717, 1.165) is 44.8 Å². The average Bonchev–Trinajstić information content (AvgIpc) is 2.66. The smallest absolute Gasteiger partial charge is 0.244 e. The molecular weight excluding hydrogens is 298 g/mol. The Hall–Kier alpha value is -1.91. The van der Waals surface area contributed by atoms with Crippen LogP contribution in [0, 0.1) is 0 Å². The number of piperazine rings is 1. The van der Waals surface area contributed by atoms with Crippen LogP contribution in [0.4, 0.5) is 0 Å². The number of nitrogens with zero attached hydrogens (tertiary/aromatic N) is 2. The second kappa shape index (κ2) is 7.77.